The molecule has 0 spiro atoms. The van der Waals surface area contributed by atoms with Crippen LogP contribution in [0.5, 0.6) is 0 Å². The van der Waals surface area contributed by atoms with Gasteiger partial charge in [-0.2, -0.15) is 0 Å². The largest absolute Gasteiger partial charge is 0.129 e. The smallest absolute Gasteiger partial charge is 0.120 e. The zero-order valence-electron chi connectivity index (χ0n) is 7.51. The first-order valence-corrected chi connectivity index (χ1v) is 4.65. The Morgan fingerprint density at radius 1 is 1.17 bits per heavy atom. The molecule has 0 radical (unpaired) electrons. The Kier molecular flexibility index (Phi) is 2.03. The topological polar surface area (TPSA) is 0 Å². The third-order valence-electron chi connectivity index (χ3n) is 2.60. The van der Waals surface area contributed by atoms with Crippen molar-refractivity contribution in [2.75, 3.05) is 0 Å². The molecule has 0 bridgehead atoms. The second kappa shape index (κ2) is 3.18. The Bertz CT molecular complexity index is 313. The summed E-state index contributed by atoms with van der Waals surface area (Å²) in [5.74, 6) is 2.25. The van der Waals surface area contributed by atoms with Crippen molar-refractivity contribution in [1.82, 2.24) is 0 Å². The minimum Gasteiger partial charge on any atom is -0.120 e. The number of aryl methyl sites for hydroxylation is 1. The second-order valence-corrected chi connectivity index (χ2v) is 3.32. The fraction of sp³-hybridized carbons (Fsp3) is 0.273. The van der Waals surface area contributed by atoms with Crippen LogP contribution in [0.4, 0.5) is 0 Å². The normalized spacial score (nSPS) is 19.2. The summed E-state index contributed by atoms with van der Waals surface area (Å²) in [4.78, 5) is 0. The molecule has 1 aromatic rings. The first kappa shape index (κ1) is 7.66. The minimum absolute atomic E-state index is 1.26. The highest BCUT2D eigenvalue weighted by Crippen LogP contribution is 2.29. The third kappa shape index (κ3) is 1.20. The van der Waals surface area contributed by atoms with E-state index in [0.717, 1.165) is 0 Å². The van der Waals surface area contributed by atoms with Gasteiger partial charge in [-0.3, -0.25) is 0 Å². The quantitative estimate of drug-likeness (QED) is 0.504. The molecule has 0 atom stereocenters. The van der Waals surface area contributed by atoms with Crippen LogP contribution < -0.4 is 0 Å². The average Bonchev–Trinajstić information content (AvgIpc) is 2.17. The van der Waals surface area contributed by atoms with Crippen LogP contribution in [-0.4, -0.2) is 7.85 Å². The number of hydrogen-bond donors (Lipinski definition) is 0. The van der Waals surface area contributed by atoms with Gasteiger partial charge < -0.3 is 0 Å². The van der Waals surface area contributed by atoms with Crippen LogP contribution in [0.1, 0.15) is 24.0 Å². The molecule has 0 unspecified atom stereocenters. The van der Waals surface area contributed by atoms with E-state index in [9.17, 15) is 0 Å². The summed E-state index contributed by atoms with van der Waals surface area (Å²) >= 11 is 0. The lowest BCUT2D eigenvalue weighted by molar-refractivity contribution is 0.823. The van der Waals surface area contributed by atoms with Crippen LogP contribution in [0.25, 0.3) is 5.57 Å². The first-order valence-electron chi connectivity index (χ1n) is 4.65. The summed E-state index contributed by atoms with van der Waals surface area (Å²) in [7, 11) is 2.14. The van der Waals surface area contributed by atoms with Crippen molar-refractivity contribution in [2.45, 2.75) is 19.3 Å². The SMILES string of the molecule is B/C=C1\CCCc2ccccc21. The summed E-state index contributed by atoms with van der Waals surface area (Å²) in [6.45, 7) is 0. The molecule has 0 aliphatic heterocycles. The molecule has 0 heterocycles. The van der Waals surface area contributed by atoms with Crippen LogP contribution in [0, 0.1) is 0 Å². The van der Waals surface area contributed by atoms with Gasteiger partial charge in [0.25, 0.3) is 0 Å². The summed E-state index contributed by atoms with van der Waals surface area (Å²) < 4.78 is 0. The van der Waals surface area contributed by atoms with Gasteiger partial charge in [0.1, 0.15) is 7.85 Å². The molecule has 1 heteroatoms. The van der Waals surface area contributed by atoms with Crippen LogP contribution in [0.15, 0.2) is 30.2 Å². The van der Waals surface area contributed by atoms with E-state index in [1.54, 1.807) is 0 Å². The maximum Gasteiger partial charge on any atom is 0.129 e. The average molecular weight is 156 g/mol. The molecule has 60 valence electrons. The molecule has 0 aromatic heterocycles. The van der Waals surface area contributed by atoms with Crippen LogP contribution >= 0.6 is 0 Å². The van der Waals surface area contributed by atoms with E-state index in [2.05, 4.69) is 38.1 Å². The predicted octanol–water partition coefficient (Wildman–Crippen LogP) is 2.00. The van der Waals surface area contributed by atoms with E-state index in [1.165, 1.54) is 36.0 Å². The molecule has 2 rings (SSSR count). The van der Waals surface area contributed by atoms with Gasteiger partial charge >= 0.3 is 0 Å². The lowest BCUT2D eigenvalue weighted by atomic mass is 9.85. The molecule has 1 aromatic carbocycles. The standard InChI is InChI=1S/C11H13B/c12-8-10-6-3-5-9-4-1-2-7-11(9)10/h1-2,4,7-8H,3,5-6,12H2/b10-8+. The highest BCUT2D eigenvalue weighted by Gasteiger charge is 2.11. The van der Waals surface area contributed by atoms with E-state index in [0.29, 0.717) is 0 Å². The molecular formula is C11H13B. The third-order valence-corrected chi connectivity index (χ3v) is 2.60. The van der Waals surface area contributed by atoms with Crippen molar-refractivity contribution in [2.24, 2.45) is 0 Å². The van der Waals surface area contributed by atoms with Gasteiger partial charge in [-0.25, -0.2) is 0 Å². The summed E-state index contributed by atoms with van der Waals surface area (Å²) in [5, 5.41) is 0. The lowest BCUT2D eigenvalue weighted by Gasteiger charge is -2.18. The summed E-state index contributed by atoms with van der Waals surface area (Å²) in [6.07, 6.45) is 3.83. The number of allylic oxidation sites excluding steroid dienone is 1. The fourth-order valence-electron chi connectivity index (χ4n) is 1.96. The molecular weight excluding hydrogens is 143 g/mol. The first-order chi connectivity index (χ1) is 5.92. The zero-order valence-corrected chi connectivity index (χ0v) is 7.51. The van der Waals surface area contributed by atoms with E-state index in [4.69, 9.17) is 0 Å². The van der Waals surface area contributed by atoms with Crippen LogP contribution in [0.2, 0.25) is 0 Å². The maximum absolute atomic E-state index is 2.25. The highest BCUT2D eigenvalue weighted by molar-refractivity contribution is 6.20. The number of fused-ring (bicyclic) bond motifs is 1. The fourth-order valence-corrected chi connectivity index (χ4v) is 1.96. The van der Waals surface area contributed by atoms with Gasteiger partial charge in [-0.1, -0.05) is 29.8 Å². The maximum atomic E-state index is 2.25. The van der Waals surface area contributed by atoms with Crippen molar-refractivity contribution >= 4 is 13.4 Å². The van der Waals surface area contributed by atoms with Gasteiger partial charge in [0.05, 0.1) is 0 Å². The lowest BCUT2D eigenvalue weighted by Crippen LogP contribution is -2.00. The van der Waals surface area contributed by atoms with E-state index >= 15 is 0 Å². The molecule has 0 fully saturated rings. The van der Waals surface area contributed by atoms with Gasteiger partial charge in [-0.05, 0) is 30.4 Å². The molecule has 0 saturated heterocycles. The predicted molar refractivity (Wildman–Crippen MR) is 55.9 cm³/mol. The van der Waals surface area contributed by atoms with Gasteiger partial charge in [0.2, 0.25) is 0 Å². The Hall–Kier alpha value is -0.975. The minimum atomic E-state index is 1.26. The van der Waals surface area contributed by atoms with Gasteiger partial charge in [-0.15, -0.1) is 5.98 Å². The van der Waals surface area contributed by atoms with Crippen LogP contribution in [-0.2, 0) is 6.42 Å². The molecule has 0 saturated carbocycles. The number of hydrogen-bond acceptors (Lipinski definition) is 0. The molecule has 0 amide bonds. The molecule has 1 aliphatic rings. The number of rotatable bonds is 0. The van der Waals surface area contributed by atoms with E-state index in [-0.39, 0.29) is 0 Å². The van der Waals surface area contributed by atoms with E-state index < -0.39 is 0 Å². The van der Waals surface area contributed by atoms with Crippen molar-refractivity contribution in [3.05, 3.63) is 41.4 Å². The molecule has 0 N–H and O–H groups in total. The Morgan fingerprint density at radius 2 is 2.00 bits per heavy atom. The monoisotopic (exact) mass is 156 g/mol. The van der Waals surface area contributed by atoms with Gasteiger partial charge in [0, 0.05) is 0 Å². The van der Waals surface area contributed by atoms with Gasteiger partial charge in [0.15, 0.2) is 0 Å². The summed E-state index contributed by atoms with van der Waals surface area (Å²) in [6, 6.07) is 8.76. The van der Waals surface area contributed by atoms with Crippen molar-refractivity contribution in [3.63, 3.8) is 0 Å². The molecule has 12 heavy (non-hydrogen) atoms. The van der Waals surface area contributed by atoms with Crippen molar-refractivity contribution < 1.29 is 0 Å². The zero-order chi connectivity index (χ0) is 8.39. The summed E-state index contributed by atoms with van der Waals surface area (Å²) in [5.41, 5.74) is 4.53. The number of benzene rings is 1. The Balaban J connectivity index is 2.51. The highest BCUT2D eigenvalue weighted by atomic mass is 14.2. The Labute approximate surface area is 74.7 Å². The Morgan fingerprint density at radius 3 is 2.83 bits per heavy atom. The van der Waals surface area contributed by atoms with E-state index in [1.807, 2.05) is 0 Å². The second-order valence-electron chi connectivity index (χ2n) is 3.32. The molecule has 0 nitrogen and oxygen atoms in total. The molecule has 1 aliphatic carbocycles. The van der Waals surface area contributed by atoms with Crippen LogP contribution in [0.3, 0.4) is 0 Å². The van der Waals surface area contributed by atoms with Crippen molar-refractivity contribution in [1.29, 1.82) is 0 Å². The van der Waals surface area contributed by atoms with Crippen molar-refractivity contribution in [3.8, 4) is 0 Å².